The zero-order valence-electron chi connectivity index (χ0n) is 12.3. The maximum Gasteiger partial charge on any atom is 0.405 e. The molecule has 0 aliphatic heterocycles. The molecule has 1 rings (SSSR count). The number of urea groups is 1. The first kappa shape index (κ1) is 17.1. The first-order chi connectivity index (χ1) is 9.67. The fourth-order valence-electron chi connectivity index (χ4n) is 1.73. The van der Waals surface area contributed by atoms with Crippen molar-refractivity contribution in [3.63, 3.8) is 0 Å². The summed E-state index contributed by atoms with van der Waals surface area (Å²) in [5, 5.41) is 1.80. The number of alkyl halides is 3. The van der Waals surface area contributed by atoms with Crippen LogP contribution in [0.25, 0.3) is 0 Å². The molecule has 0 aliphatic rings. The van der Waals surface area contributed by atoms with Gasteiger partial charge in [0.25, 0.3) is 0 Å². The highest BCUT2D eigenvalue weighted by Crippen LogP contribution is 2.16. The maximum atomic E-state index is 12.0. The van der Waals surface area contributed by atoms with Crippen LogP contribution in [0.4, 0.5) is 18.0 Å². The van der Waals surface area contributed by atoms with E-state index in [0.717, 1.165) is 16.0 Å². The van der Waals surface area contributed by atoms with Crippen molar-refractivity contribution in [1.29, 1.82) is 0 Å². The van der Waals surface area contributed by atoms with E-state index in [-0.39, 0.29) is 13.2 Å². The Morgan fingerprint density at radius 1 is 1.24 bits per heavy atom. The van der Waals surface area contributed by atoms with Crippen molar-refractivity contribution in [2.24, 2.45) is 0 Å². The lowest BCUT2D eigenvalue weighted by Gasteiger charge is -2.19. The number of aryl methyl sites for hydroxylation is 2. The molecular formula is C14H19F3N2O2. The Bertz CT molecular complexity index is 469. The zero-order chi connectivity index (χ0) is 16.0. The van der Waals surface area contributed by atoms with Crippen LogP contribution < -0.4 is 10.1 Å². The standard InChI is InChI=1S/C14H19F3N2O2/c1-10-6-11(2)8-12(7-10)21-5-4-19(3)13(20)18-9-14(15,16)17/h6-8H,4-5,9H2,1-3H3,(H,18,20). The Labute approximate surface area is 121 Å². The van der Waals surface area contributed by atoms with Crippen molar-refractivity contribution in [1.82, 2.24) is 10.2 Å². The van der Waals surface area contributed by atoms with Gasteiger partial charge < -0.3 is 15.0 Å². The summed E-state index contributed by atoms with van der Waals surface area (Å²) >= 11 is 0. The minimum atomic E-state index is -4.41. The number of rotatable bonds is 5. The minimum Gasteiger partial charge on any atom is -0.492 e. The molecule has 0 bridgehead atoms. The van der Waals surface area contributed by atoms with Gasteiger partial charge in [-0.25, -0.2) is 4.79 Å². The molecule has 0 saturated heterocycles. The number of carbonyl (C=O) groups excluding carboxylic acids is 1. The van der Waals surface area contributed by atoms with Crippen LogP contribution in [0.1, 0.15) is 11.1 Å². The van der Waals surface area contributed by atoms with Crippen LogP contribution in [0.2, 0.25) is 0 Å². The summed E-state index contributed by atoms with van der Waals surface area (Å²) in [5.74, 6) is 0.677. The average Bonchev–Trinajstić information content (AvgIpc) is 2.33. The molecular weight excluding hydrogens is 285 g/mol. The summed E-state index contributed by atoms with van der Waals surface area (Å²) in [6, 6.07) is 4.94. The van der Waals surface area contributed by atoms with E-state index in [1.165, 1.54) is 7.05 Å². The van der Waals surface area contributed by atoms with Crippen molar-refractivity contribution in [3.8, 4) is 5.75 Å². The molecule has 0 unspecified atom stereocenters. The number of hydrogen-bond donors (Lipinski definition) is 1. The summed E-state index contributed by atoms with van der Waals surface area (Å²) in [7, 11) is 1.41. The van der Waals surface area contributed by atoms with Crippen molar-refractivity contribution in [2.45, 2.75) is 20.0 Å². The molecule has 0 radical (unpaired) electrons. The quantitative estimate of drug-likeness (QED) is 0.909. The van der Waals surface area contributed by atoms with Crippen LogP contribution >= 0.6 is 0 Å². The number of nitrogens with zero attached hydrogens (tertiary/aromatic N) is 1. The second-order valence-corrected chi connectivity index (χ2v) is 4.87. The highest BCUT2D eigenvalue weighted by atomic mass is 19.4. The number of nitrogens with one attached hydrogen (secondary N) is 1. The number of hydrogen-bond acceptors (Lipinski definition) is 2. The third-order valence-corrected chi connectivity index (χ3v) is 2.68. The van der Waals surface area contributed by atoms with E-state index in [1.54, 1.807) is 5.32 Å². The number of halogens is 3. The smallest absolute Gasteiger partial charge is 0.405 e. The van der Waals surface area contributed by atoms with Crippen molar-refractivity contribution in [2.75, 3.05) is 26.7 Å². The second-order valence-electron chi connectivity index (χ2n) is 4.87. The molecule has 21 heavy (non-hydrogen) atoms. The summed E-state index contributed by atoms with van der Waals surface area (Å²) < 4.78 is 41.4. The van der Waals surface area contributed by atoms with Gasteiger partial charge in [-0.15, -0.1) is 0 Å². The average molecular weight is 304 g/mol. The maximum absolute atomic E-state index is 12.0. The molecule has 0 aromatic heterocycles. The summed E-state index contributed by atoms with van der Waals surface area (Å²) in [6.07, 6.45) is -4.41. The van der Waals surface area contributed by atoms with E-state index in [1.807, 2.05) is 32.0 Å². The van der Waals surface area contributed by atoms with Crippen LogP contribution in [-0.4, -0.2) is 43.9 Å². The Hall–Kier alpha value is -1.92. The molecule has 1 aromatic rings. The molecule has 7 heteroatoms. The SMILES string of the molecule is Cc1cc(C)cc(OCCN(C)C(=O)NCC(F)(F)F)c1. The van der Waals surface area contributed by atoms with Gasteiger partial charge in [0.05, 0.1) is 6.54 Å². The Morgan fingerprint density at radius 3 is 2.33 bits per heavy atom. The van der Waals surface area contributed by atoms with E-state index >= 15 is 0 Å². The van der Waals surface area contributed by atoms with Crippen LogP contribution in [0, 0.1) is 13.8 Å². The molecule has 1 N–H and O–H groups in total. The fourth-order valence-corrected chi connectivity index (χ4v) is 1.73. The van der Waals surface area contributed by atoms with E-state index in [4.69, 9.17) is 4.74 Å². The Kier molecular flexibility index (Phi) is 5.87. The first-order valence-corrected chi connectivity index (χ1v) is 6.44. The highest BCUT2D eigenvalue weighted by Gasteiger charge is 2.28. The number of likely N-dealkylation sites (N-methyl/N-ethyl adjacent to an activating group) is 1. The number of ether oxygens (including phenoxy) is 1. The van der Waals surface area contributed by atoms with Gasteiger partial charge in [-0.1, -0.05) is 6.07 Å². The van der Waals surface area contributed by atoms with E-state index in [9.17, 15) is 18.0 Å². The van der Waals surface area contributed by atoms with Gasteiger partial charge in [0.15, 0.2) is 0 Å². The van der Waals surface area contributed by atoms with Crippen molar-refractivity contribution in [3.05, 3.63) is 29.3 Å². The van der Waals surface area contributed by atoms with Crippen molar-refractivity contribution < 1.29 is 22.7 Å². The third kappa shape index (κ3) is 6.87. The van der Waals surface area contributed by atoms with Gasteiger partial charge in [0.1, 0.15) is 18.9 Å². The molecule has 0 saturated carbocycles. The van der Waals surface area contributed by atoms with Gasteiger partial charge in [-0.05, 0) is 37.1 Å². The molecule has 0 atom stereocenters. The molecule has 0 spiro atoms. The molecule has 2 amide bonds. The lowest BCUT2D eigenvalue weighted by atomic mass is 10.1. The van der Waals surface area contributed by atoms with Crippen LogP contribution in [0.5, 0.6) is 5.75 Å². The normalized spacial score (nSPS) is 11.1. The summed E-state index contributed by atoms with van der Waals surface area (Å²) in [5.41, 5.74) is 2.11. The third-order valence-electron chi connectivity index (χ3n) is 2.68. The lowest BCUT2D eigenvalue weighted by molar-refractivity contribution is -0.123. The summed E-state index contributed by atoms with van der Waals surface area (Å²) in [4.78, 5) is 12.5. The number of amides is 2. The molecule has 0 aliphatic carbocycles. The van der Waals surface area contributed by atoms with Gasteiger partial charge in [-0.2, -0.15) is 13.2 Å². The second kappa shape index (κ2) is 7.19. The van der Waals surface area contributed by atoms with E-state index in [2.05, 4.69) is 0 Å². The van der Waals surface area contributed by atoms with Crippen LogP contribution in [-0.2, 0) is 0 Å². The largest absolute Gasteiger partial charge is 0.492 e. The molecule has 4 nitrogen and oxygen atoms in total. The molecule has 118 valence electrons. The minimum absolute atomic E-state index is 0.191. The molecule has 0 fully saturated rings. The van der Waals surface area contributed by atoms with Crippen LogP contribution in [0.15, 0.2) is 18.2 Å². The fraction of sp³-hybridized carbons (Fsp3) is 0.500. The Balaban J connectivity index is 2.36. The Morgan fingerprint density at radius 2 is 1.81 bits per heavy atom. The van der Waals surface area contributed by atoms with Gasteiger partial charge >= 0.3 is 12.2 Å². The monoisotopic (exact) mass is 304 g/mol. The number of benzene rings is 1. The molecule has 1 aromatic carbocycles. The topological polar surface area (TPSA) is 41.6 Å². The lowest BCUT2D eigenvalue weighted by Crippen LogP contribution is -2.43. The predicted octanol–water partition coefficient (Wildman–Crippen LogP) is 2.89. The van der Waals surface area contributed by atoms with Crippen LogP contribution in [0.3, 0.4) is 0 Å². The van der Waals surface area contributed by atoms with Gasteiger partial charge in [0, 0.05) is 7.05 Å². The van der Waals surface area contributed by atoms with E-state index < -0.39 is 18.8 Å². The first-order valence-electron chi connectivity index (χ1n) is 6.44. The summed E-state index contributed by atoms with van der Waals surface area (Å²) in [6.45, 7) is 2.94. The number of carbonyl (C=O) groups is 1. The highest BCUT2D eigenvalue weighted by molar-refractivity contribution is 5.73. The van der Waals surface area contributed by atoms with Gasteiger partial charge in [-0.3, -0.25) is 0 Å². The van der Waals surface area contributed by atoms with E-state index in [0.29, 0.717) is 5.75 Å². The molecule has 0 heterocycles. The van der Waals surface area contributed by atoms with Crippen molar-refractivity contribution >= 4 is 6.03 Å². The van der Waals surface area contributed by atoms with Gasteiger partial charge in [0.2, 0.25) is 0 Å². The zero-order valence-corrected chi connectivity index (χ0v) is 12.3. The predicted molar refractivity (Wildman–Crippen MR) is 73.5 cm³/mol.